The van der Waals surface area contributed by atoms with Crippen LogP contribution in [0.25, 0.3) is 10.2 Å². The molecule has 0 bridgehead atoms. The Kier molecular flexibility index (Phi) is 4.66. The summed E-state index contributed by atoms with van der Waals surface area (Å²) in [5, 5.41) is 5.52. The van der Waals surface area contributed by atoms with Gasteiger partial charge in [-0.3, -0.25) is 19.5 Å². The van der Waals surface area contributed by atoms with Crippen molar-refractivity contribution < 1.29 is 9.59 Å². The van der Waals surface area contributed by atoms with Gasteiger partial charge in [-0.2, -0.15) is 0 Å². The van der Waals surface area contributed by atoms with Crippen molar-refractivity contribution in [3.8, 4) is 0 Å². The molecule has 8 heteroatoms. The maximum atomic E-state index is 12.6. The molecule has 0 aromatic carbocycles. The van der Waals surface area contributed by atoms with E-state index in [2.05, 4.69) is 15.6 Å². The van der Waals surface area contributed by atoms with E-state index >= 15 is 0 Å². The summed E-state index contributed by atoms with van der Waals surface area (Å²) in [6.45, 7) is 3.57. The summed E-state index contributed by atoms with van der Waals surface area (Å²) in [4.78, 5) is 42.6. The molecule has 0 unspecified atom stereocenters. The van der Waals surface area contributed by atoms with Gasteiger partial charge in [0.25, 0.3) is 5.56 Å². The number of hydrogen-bond acceptors (Lipinski definition) is 5. The molecule has 0 spiro atoms. The molecule has 0 radical (unpaired) electrons. The van der Waals surface area contributed by atoms with Crippen LogP contribution in [-0.4, -0.2) is 27.5 Å². The molecular formula is C16H20N4O3S. The van der Waals surface area contributed by atoms with Crippen LogP contribution in [0.3, 0.4) is 0 Å². The summed E-state index contributed by atoms with van der Waals surface area (Å²) >= 11 is 1.56. The molecule has 3 amide bonds. The first-order valence-corrected chi connectivity index (χ1v) is 8.91. The Hall–Kier alpha value is -2.22. The van der Waals surface area contributed by atoms with Crippen LogP contribution in [0.2, 0.25) is 0 Å². The Morgan fingerprint density at radius 1 is 1.42 bits per heavy atom. The molecule has 0 aliphatic heterocycles. The topological polar surface area (TPSA) is 93.1 Å². The monoisotopic (exact) mass is 348 g/mol. The molecule has 2 aromatic heterocycles. The number of nitrogens with zero attached hydrogens (tertiary/aromatic N) is 2. The fraction of sp³-hybridized carbons (Fsp3) is 0.500. The van der Waals surface area contributed by atoms with Crippen LogP contribution in [0.15, 0.2) is 11.1 Å². The highest BCUT2D eigenvalue weighted by Gasteiger charge is 2.22. The summed E-state index contributed by atoms with van der Waals surface area (Å²) in [6, 6.07) is -0.570. The van der Waals surface area contributed by atoms with Crippen LogP contribution in [-0.2, 0) is 24.2 Å². The molecule has 3 rings (SSSR count). The molecule has 0 saturated heterocycles. The molecule has 0 fully saturated rings. The van der Waals surface area contributed by atoms with E-state index in [9.17, 15) is 14.4 Å². The van der Waals surface area contributed by atoms with Crippen molar-refractivity contribution in [1.29, 1.82) is 0 Å². The Morgan fingerprint density at radius 2 is 2.21 bits per heavy atom. The van der Waals surface area contributed by atoms with Crippen molar-refractivity contribution in [3.63, 3.8) is 0 Å². The predicted molar refractivity (Wildman–Crippen MR) is 92.3 cm³/mol. The predicted octanol–water partition coefficient (Wildman–Crippen LogP) is 1.57. The summed E-state index contributed by atoms with van der Waals surface area (Å²) in [6.07, 6.45) is 5.08. The molecular weight excluding hydrogens is 328 g/mol. The lowest BCUT2D eigenvalue weighted by molar-refractivity contribution is -0.120. The van der Waals surface area contributed by atoms with Crippen LogP contribution in [0.4, 0.5) is 4.79 Å². The number of carbonyl (C=O) groups is 2. The smallest absolute Gasteiger partial charge is 0.321 e. The van der Waals surface area contributed by atoms with E-state index in [-0.39, 0.29) is 18.1 Å². The molecule has 1 atom stereocenters. The van der Waals surface area contributed by atoms with Gasteiger partial charge >= 0.3 is 6.03 Å². The minimum atomic E-state index is -0.548. The average Bonchev–Trinajstić information content (AvgIpc) is 3.10. The van der Waals surface area contributed by atoms with E-state index in [1.54, 1.807) is 11.3 Å². The van der Waals surface area contributed by atoms with Gasteiger partial charge in [0.2, 0.25) is 5.91 Å². The van der Waals surface area contributed by atoms with Crippen molar-refractivity contribution in [2.75, 3.05) is 0 Å². The number of hydrogen-bond donors (Lipinski definition) is 2. The van der Waals surface area contributed by atoms with E-state index in [1.807, 2.05) is 13.8 Å². The Balaban J connectivity index is 1.76. The Bertz CT molecular complexity index is 855. The van der Waals surface area contributed by atoms with Gasteiger partial charge in [0, 0.05) is 10.9 Å². The molecule has 2 aromatic rings. The second-order valence-electron chi connectivity index (χ2n) is 6.05. The lowest BCUT2D eigenvalue weighted by Crippen LogP contribution is -2.45. The van der Waals surface area contributed by atoms with Gasteiger partial charge < -0.3 is 5.32 Å². The lowest BCUT2D eigenvalue weighted by Gasteiger charge is -2.12. The van der Waals surface area contributed by atoms with Crippen LogP contribution in [0.5, 0.6) is 0 Å². The highest BCUT2D eigenvalue weighted by atomic mass is 32.1. The first kappa shape index (κ1) is 16.6. The standard InChI is InChI=1S/C16H20N4O3S/c1-3-9(2)18-16(23)19-12(21)7-20-8-17-14-13(15(20)22)10-5-4-6-11(10)24-14/h8-9H,3-7H2,1-2H3,(H2,18,19,21,23)/t9-/m0/s1. The van der Waals surface area contributed by atoms with Gasteiger partial charge in [0.1, 0.15) is 11.4 Å². The van der Waals surface area contributed by atoms with Gasteiger partial charge in [-0.25, -0.2) is 9.78 Å². The molecule has 2 heterocycles. The first-order chi connectivity index (χ1) is 11.5. The maximum absolute atomic E-state index is 12.6. The number of aromatic nitrogens is 2. The fourth-order valence-corrected chi connectivity index (χ4v) is 4.03. The average molecular weight is 348 g/mol. The van der Waals surface area contributed by atoms with Gasteiger partial charge in [-0.15, -0.1) is 11.3 Å². The Labute approximate surface area is 143 Å². The Morgan fingerprint density at radius 3 is 2.96 bits per heavy atom. The van der Waals surface area contributed by atoms with Gasteiger partial charge in [0.15, 0.2) is 0 Å². The molecule has 0 saturated carbocycles. The third kappa shape index (κ3) is 3.19. The SMILES string of the molecule is CC[C@H](C)NC(=O)NC(=O)Cn1cnc2sc3c(c2c1=O)CCC3. The summed E-state index contributed by atoms with van der Waals surface area (Å²) in [5.74, 6) is -0.536. The number of imide groups is 1. The maximum Gasteiger partial charge on any atom is 0.321 e. The lowest BCUT2D eigenvalue weighted by atomic mass is 10.2. The number of urea groups is 1. The third-order valence-corrected chi connectivity index (χ3v) is 5.45. The number of thiophene rings is 1. The molecule has 2 N–H and O–H groups in total. The van der Waals surface area contributed by atoms with Crippen molar-refractivity contribution >= 4 is 33.5 Å². The van der Waals surface area contributed by atoms with Crippen LogP contribution >= 0.6 is 11.3 Å². The van der Waals surface area contributed by atoms with Crippen molar-refractivity contribution in [2.45, 2.75) is 52.1 Å². The van der Waals surface area contributed by atoms with Gasteiger partial charge in [-0.1, -0.05) is 6.92 Å². The number of fused-ring (bicyclic) bond motifs is 3. The number of rotatable bonds is 4. The van der Waals surface area contributed by atoms with E-state index in [0.717, 1.165) is 36.1 Å². The summed E-state index contributed by atoms with van der Waals surface area (Å²) < 4.78 is 1.26. The largest absolute Gasteiger partial charge is 0.335 e. The van der Waals surface area contributed by atoms with Gasteiger partial charge in [0.05, 0.1) is 11.7 Å². The van der Waals surface area contributed by atoms with Gasteiger partial charge in [-0.05, 0) is 38.2 Å². The molecule has 1 aliphatic carbocycles. The zero-order valence-corrected chi connectivity index (χ0v) is 14.5. The number of amides is 3. The minimum absolute atomic E-state index is 0.0214. The number of aryl methyl sites for hydroxylation is 2. The zero-order chi connectivity index (χ0) is 17.3. The normalized spacial score (nSPS) is 14.4. The third-order valence-electron chi connectivity index (χ3n) is 4.25. The molecule has 24 heavy (non-hydrogen) atoms. The van der Waals surface area contributed by atoms with E-state index in [1.165, 1.54) is 15.8 Å². The van der Waals surface area contributed by atoms with Crippen LogP contribution in [0, 0.1) is 0 Å². The first-order valence-electron chi connectivity index (χ1n) is 8.09. The quantitative estimate of drug-likeness (QED) is 0.877. The molecule has 7 nitrogen and oxygen atoms in total. The van der Waals surface area contributed by atoms with Crippen molar-refractivity contribution in [1.82, 2.24) is 20.2 Å². The van der Waals surface area contributed by atoms with Crippen molar-refractivity contribution in [2.24, 2.45) is 0 Å². The summed E-state index contributed by atoms with van der Waals surface area (Å²) in [7, 11) is 0. The highest BCUT2D eigenvalue weighted by Crippen LogP contribution is 2.34. The second-order valence-corrected chi connectivity index (χ2v) is 7.13. The second kappa shape index (κ2) is 6.72. The van der Waals surface area contributed by atoms with E-state index in [0.29, 0.717) is 5.39 Å². The zero-order valence-electron chi connectivity index (χ0n) is 13.7. The van der Waals surface area contributed by atoms with Crippen LogP contribution < -0.4 is 16.2 Å². The minimum Gasteiger partial charge on any atom is -0.335 e. The summed E-state index contributed by atoms with van der Waals surface area (Å²) in [5.41, 5.74) is 0.869. The molecule has 128 valence electrons. The number of carbonyl (C=O) groups excluding carboxylic acids is 2. The number of nitrogens with one attached hydrogen (secondary N) is 2. The van der Waals surface area contributed by atoms with Crippen LogP contribution in [0.1, 0.15) is 37.1 Å². The van der Waals surface area contributed by atoms with E-state index < -0.39 is 11.9 Å². The van der Waals surface area contributed by atoms with E-state index in [4.69, 9.17) is 0 Å². The fourth-order valence-electron chi connectivity index (χ4n) is 2.81. The molecule has 1 aliphatic rings. The van der Waals surface area contributed by atoms with Crippen molar-refractivity contribution in [3.05, 3.63) is 27.1 Å². The highest BCUT2D eigenvalue weighted by molar-refractivity contribution is 7.18.